The van der Waals surface area contributed by atoms with Gasteiger partial charge in [-0.05, 0) is 55.8 Å². The van der Waals surface area contributed by atoms with Crippen LogP contribution in [0.5, 0.6) is 0 Å². The van der Waals surface area contributed by atoms with E-state index in [1.165, 1.54) is 12.1 Å². The summed E-state index contributed by atoms with van der Waals surface area (Å²) in [5.74, 6) is 0.245. The fourth-order valence-electron chi connectivity index (χ4n) is 2.77. The Hall–Kier alpha value is -2.35. The van der Waals surface area contributed by atoms with Gasteiger partial charge in [-0.25, -0.2) is 4.68 Å². The van der Waals surface area contributed by atoms with Gasteiger partial charge in [-0.2, -0.15) is 18.3 Å². The van der Waals surface area contributed by atoms with Crippen LogP contribution in [0.2, 0.25) is 0 Å². The van der Waals surface area contributed by atoms with Crippen LogP contribution in [0.3, 0.4) is 0 Å². The van der Waals surface area contributed by atoms with Crippen LogP contribution in [0, 0.1) is 5.92 Å². The van der Waals surface area contributed by atoms with Crippen molar-refractivity contribution in [3.63, 3.8) is 0 Å². The molecular weight excluding hydrogens is 321 g/mol. The first-order valence-corrected chi connectivity index (χ1v) is 7.66. The van der Waals surface area contributed by atoms with Gasteiger partial charge in [0.2, 0.25) is 5.91 Å². The Labute approximate surface area is 136 Å². The number of hydrogen-bond donors (Lipinski definition) is 2. The second kappa shape index (κ2) is 6.64. The Morgan fingerprint density at radius 1 is 1.29 bits per heavy atom. The van der Waals surface area contributed by atoms with Crippen molar-refractivity contribution in [2.24, 2.45) is 5.92 Å². The van der Waals surface area contributed by atoms with Gasteiger partial charge in [0.05, 0.1) is 11.9 Å². The lowest BCUT2D eigenvalue weighted by Gasteiger charge is -2.12. The fourth-order valence-corrected chi connectivity index (χ4v) is 2.77. The number of alkyl halides is 3. The van der Waals surface area contributed by atoms with Gasteiger partial charge in [-0.1, -0.05) is 0 Å². The molecule has 1 unspecified atom stereocenters. The smallest absolute Gasteiger partial charge is 0.326 e. The predicted molar refractivity (Wildman–Crippen MR) is 82.8 cm³/mol. The summed E-state index contributed by atoms with van der Waals surface area (Å²) in [6.07, 6.45) is -1.95. The summed E-state index contributed by atoms with van der Waals surface area (Å²) >= 11 is 0. The molecule has 24 heavy (non-hydrogen) atoms. The molecule has 2 aromatic rings. The monoisotopic (exact) mass is 338 g/mol. The van der Waals surface area contributed by atoms with Gasteiger partial charge in [0.25, 0.3) is 0 Å². The summed E-state index contributed by atoms with van der Waals surface area (Å²) < 4.78 is 39.5. The van der Waals surface area contributed by atoms with Gasteiger partial charge < -0.3 is 10.6 Å². The summed E-state index contributed by atoms with van der Waals surface area (Å²) in [5.41, 5.74) is -0.00578. The number of halogens is 3. The van der Waals surface area contributed by atoms with Crippen LogP contribution in [-0.2, 0) is 11.0 Å². The molecule has 1 aromatic carbocycles. The Morgan fingerprint density at radius 2 is 2.04 bits per heavy atom. The van der Waals surface area contributed by atoms with E-state index in [9.17, 15) is 18.0 Å². The van der Waals surface area contributed by atoms with Crippen molar-refractivity contribution in [2.75, 3.05) is 18.4 Å². The maximum Gasteiger partial charge on any atom is 0.433 e. The van der Waals surface area contributed by atoms with Crippen molar-refractivity contribution < 1.29 is 18.0 Å². The molecule has 8 heteroatoms. The van der Waals surface area contributed by atoms with E-state index in [0.717, 1.165) is 36.5 Å². The fraction of sp³-hybridized carbons (Fsp3) is 0.375. The van der Waals surface area contributed by atoms with Crippen LogP contribution < -0.4 is 10.6 Å². The Bertz CT molecular complexity index is 703. The van der Waals surface area contributed by atoms with E-state index in [1.54, 1.807) is 12.1 Å². The molecule has 0 bridgehead atoms. The summed E-state index contributed by atoms with van der Waals surface area (Å²) in [7, 11) is 0. The van der Waals surface area contributed by atoms with Crippen molar-refractivity contribution in [3.05, 3.63) is 42.2 Å². The molecule has 0 saturated carbocycles. The molecule has 0 radical (unpaired) electrons. The van der Waals surface area contributed by atoms with Crippen LogP contribution in [0.1, 0.15) is 18.5 Å². The van der Waals surface area contributed by atoms with Gasteiger partial charge in [-0.15, -0.1) is 0 Å². The predicted octanol–water partition coefficient (Wildman–Crippen LogP) is 2.83. The maximum absolute atomic E-state index is 12.9. The maximum atomic E-state index is 12.9. The summed E-state index contributed by atoms with van der Waals surface area (Å²) in [6.45, 7) is 1.77. The number of carbonyl (C=O) groups excluding carboxylic acids is 1. The molecule has 5 nitrogen and oxygen atoms in total. The van der Waals surface area contributed by atoms with Gasteiger partial charge in [0.15, 0.2) is 0 Å². The molecule has 0 aliphatic carbocycles. The Balaban J connectivity index is 1.67. The molecule has 2 N–H and O–H groups in total. The molecule has 0 spiro atoms. The van der Waals surface area contributed by atoms with Crippen molar-refractivity contribution in [1.29, 1.82) is 0 Å². The van der Waals surface area contributed by atoms with Crippen molar-refractivity contribution >= 4 is 11.6 Å². The van der Waals surface area contributed by atoms with Crippen LogP contribution in [0.4, 0.5) is 18.9 Å². The highest BCUT2D eigenvalue weighted by molar-refractivity contribution is 5.90. The molecule has 1 aromatic heterocycles. The zero-order chi connectivity index (χ0) is 17.2. The molecule has 2 heterocycles. The molecule has 1 amide bonds. The highest BCUT2D eigenvalue weighted by Gasteiger charge is 2.35. The molecule has 1 saturated heterocycles. The number of rotatable bonds is 4. The topological polar surface area (TPSA) is 59.0 Å². The minimum atomic E-state index is -4.47. The average molecular weight is 338 g/mol. The minimum absolute atomic E-state index is 0.0912. The van der Waals surface area contributed by atoms with E-state index < -0.39 is 11.9 Å². The lowest BCUT2D eigenvalue weighted by molar-refractivity contribution is -0.142. The van der Waals surface area contributed by atoms with E-state index in [2.05, 4.69) is 15.7 Å². The van der Waals surface area contributed by atoms with E-state index in [4.69, 9.17) is 0 Å². The van der Waals surface area contributed by atoms with Gasteiger partial charge in [0.1, 0.15) is 5.69 Å². The first-order valence-electron chi connectivity index (χ1n) is 7.66. The number of carbonyl (C=O) groups is 1. The van der Waals surface area contributed by atoms with Gasteiger partial charge in [-0.3, -0.25) is 4.79 Å². The second-order valence-corrected chi connectivity index (χ2v) is 5.78. The normalized spacial score (nSPS) is 17.9. The number of nitrogens with zero attached hydrogens (tertiary/aromatic N) is 2. The first kappa shape index (κ1) is 16.5. The lowest BCUT2D eigenvalue weighted by atomic mass is 10.0. The third-order valence-corrected chi connectivity index (χ3v) is 3.97. The van der Waals surface area contributed by atoms with Crippen molar-refractivity contribution in [2.45, 2.75) is 19.0 Å². The number of hydrogen-bond acceptors (Lipinski definition) is 3. The molecule has 1 fully saturated rings. The number of benzene rings is 1. The summed E-state index contributed by atoms with van der Waals surface area (Å²) in [5, 5.41) is 9.68. The van der Waals surface area contributed by atoms with Gasteiger partial charge in [0, 0.05) is 12.1 Å². The van der Waals surface area contributed by atoms with E-state index in [-0.39, 0.29) is 11.6 Å². The Kier molecular flexibility index (Phi) is 4.57. The third-order valence-electron chi connectivity index (χ3n) is 3.97. The molecule has 1 aliphatic rings. The van der Waals surface area contributed by atoms with Crippen LogP contribution in [-0.4, -0.2) is 28.8 Å². The Morgan fingerprint density at radius 3 is 2.67 bits per heavy atom. The highest BCUT2D eigenvalue weighted by Crippen LogP contribution is 2.30. The first-order chi connectivity index (χ1) is 11.4. The third kappa shape index (κ3) is 3.76. The number of nitrogens with one attached hydrogen (secondary N) is 2. The molecule has 1 aliphatic heterocycles. The van der Waals surface area contributed by atoms with Gasteiger partial charge >= 0.3 is 6.18 Å². The van der Waals surface area contributed by atoms with E-state index in [0.29, 0.717) is 18.0 Å². The zero-order valence-electron chi connectivity index (χ0n) is 12.8. The molecule has 128 valence electrons. The van der Waals surface area contributed by atoms with Crippen molar-refractivity contribution in [1.82, 2.24) is 15.1 Å². The van der Waals surface area contributed by atoms with Crippen LogP contribution in [0.15, 0.2) is 36.5 Å². The number of amides is 1. The van der Waals surface area contributed by atoms with Crippen molar-refractivity contribution in [3.8, 4) is 5.69 Å². The number of anilines is 1. The summed E-state index contributed by atoms with van der Waals surface area (Å²) in [6, 6.07) is 7.05. The summed E-state index contributed by atoms with van der Waals surface area (Å²) in [4.78, 5) is 12.0. The number of aromatic nitrogens is 2. The van der Waals surface area contributed by atoms with Crippen LogP contribution >= 0.6 is 0 Å². The van der Waals surface area contributed by atoms with E-state index >= 15 is 0 Å². The molecule has 1 atom stereocenters. The van der Waals surface area contributed by atoms with Crippen LogP contribution in [0.25, 0.3) is 5.69 Å². The second-order valence-electron chi connectivity index (χ2n) is 5.78. The highest BCUT2D eigenvalue weighted by atomic mass is 19.4. The SMILES string of the molecule is O=C(CC1CCNC1)Nc1ccc(-n2nccc2C(F)(F)F)cc1. The standard InChI is InChI=1S/C16H17F3N4O/c17-16(18,19)14-6-8-21-23(14)13-3-1-12(2-4-13)22-15(24)9-11-5-7-20-10-11/h1-4,6,8,11,20H,5,7,9-10H2,(H,22,24). The quantitative estimate of drug-likeness (QED) is 0.901. The minimum Gasteiger partial charge on any atom is -0.326 e. The average Bonchev–Trinajstić information content (AvgIpc) is 3.18. The largest absolute Gasteiger partial charge is 0.433 e. The lowest BCUT2D eigenvalue weighted by Crippen LogP contribution is -2.18. The molecular formula is C16H17F3N4O. The van der Waals surface area contributed by atoms with E-state index in [1.807, 2.05) is 0 Å². The molecule has 3 rings (SSSR count). The zero-order valence-corrected chi connectivity index (χ0v) is 12.8.